The van der Waals surface area contributed by atoms with E-state index in [1.165, 1.54) is 5.56 Å². The molecule has 3 aromatic heterocycles. The number of carbonyl (C=O) groups is 2. The van der Waals surface area contributed by atoms with E-state index in [2.05, 4.69) is 41.3 Å². The van der Waals surface area contributed by atoms with E-state index in [4.69, 9.17) is 11.6 Å². The summed E-state index contributed by atoms with van der Waals surface area (Å²) in [5.74, 6) is -0.352. The highest BCUT2D eigenvalue weighted by Crippen LogP contribution is 2.29. The second-order valence-electron chi connectivity index (χ2n) is 10.1. The molecule has 0 radical (unpaired) electrons. The molecule has 3 heterocycles. The van der Waals surface area contributed by atoms with Crippen LogP contribution in [0.25, 0.3) is 16.6 Å². The van der Waals surface area contributed by atoms with Gasteiger partial charge in [-0.2, -0.15) is 0 Å². The zero-order chi connectivity index (χ0) is 28.2. The van der Waals surface area contributed by atoms with Crippen molar-refractivity contribution < 1.29 is 9.59 Å². The number of fused-ring (bicyclic) bond motifs is 1. The summed E-state index contributed by atoms with van der Waals surface area (Å²) >= 11 is 6.23. The van der Waals surface area contributed by atoms with Crippen LogP contribution >= 0.6 is 11.6 Å². The third-order valence-corrected chi connectivity index (χ3v) is 7.11. The Morgan fingerprint density at radius 2 is 1.70 bits per heavy atom. The molecule has 5 aromatic rings. The Balaban J connectivity index is 1.25. The Bertz CT molecular complexity index is 1660. The standard InChI is InChI=1S/C33H31ClN4O2/c1-22-18-23(2)35-30(19-22)37(3)17-7-8-24-11-14-27(15-12-24)36-33(40)32(39)31-29(25-9-5-4-6-10-25)20-28-16-13-26(34)21-38(28)31/h4-6,9-16,18-21H,7-8,17H2,1-3H3,(H,36,40). The SMILES string of the molecule is Cc1cc(C)nc(N(C)CCCc2ccc(NC(=O)C(=O)c3c(-c4ccccc4)cc4ccc(Cl)cn34)cc2)c1. The van der Waals surface area contributed by atoms with Crippen molar-refractivity contribution in [3.05, 3.63) is 119 Å². The van der Waals surface area contributed by atoms with Crippen LogP contribution in [0.2, 0.25) is 5.02 Å². The molecule has 202 valence electrons. The maximum atomic E-state index is 13.5. The number of benzene rings is 2. The normalized spacial score (nSPS) is 11.0. The van der Waals surface area contributed by atoms with E-state index in [9.17, 15) is 9.59 Å². The lowest BCUT2D eigenvalue weighted by Gasteiger charge is -2.19. The molecule has 1 amide bonds. The minimum absolute atomic E-state index is 0.278. The molecule has 0 saturated carbocycles. The van der Waals surface area contributed by atoms with E-state index in [1.807, 2.05) is 73.7 Å². The Hall–Kier alpha value is -4.42. The first-order chi connectivity index (χ1) is 19.3. The number of carbonyl (C=O) groups excluding carboxylic acids is 2. The zero-order valence-corrected chi connectivity index (χ0v) is 23.6. The van der Waals surface area contributed by atoms with Gasteiger partial charge in [0, 0.05) is 42.3 Å². The quantitative estimate of drug-likeness (QED) is 0.156. The highest BCUT2D eigenvalue weighted by Gasteiger charge is 2.25. The molecule has 6 nitrogen and oxygen atoms in total. The summed E-state index contributed by atoms with van der Waals surface area (Å²) in [7, 11) is 2.06. The van der Waals surface area contributed by atoms with Gasteiger partial charge in [0.25, 0.3) is 11.7 Å². The van der Waals surface area contributed by atoms with Crippen molar-refractivity contribution in [3.8, 4) is 11.1 Å². The third kappa shape index (κ3) is 6.08. The molecule has 0 aliphatic rings. The van der Waals surface area contributed by atoms with Crippen LogP contribution in [-0.2, 0) is 11.2 Å². The first kappa shape index (κ1) is 27.2. The minimum atomic E-state index is -0.701. The Labute approximate surface area is 239 Å². The van der Waals surface area contributed by atoms with Gasteiger partial charge in [-0.3, -0.25) is 9.59 Å². The van der Waals surface area contributed by atoms with E-state index in [-0.39, 0.29) is 5.69 Å². The van der Waals surface area contributed by atoms with Gasteiger partial charge in [0.1, 0.15) is 11.5 Å². The van der Waals surface area contributed by atoms with E-state index >= 15 is 0 Å². The maximum absolute atomic E-state index is 13.5. The summed E-state index contributed by atoms with van der Waals surface area (Å²) in [5, 5.41) is 3.25. The number of hydrogen-bond donors (Lipinski definition) is 1. The highest BCUT2D eigenvalue weighted by atomic mass is 35.5. The third-order valence-electron chi connectivity index (χ3n) is 6.88. The van der Waals surface area contributed by atoms with Crippen molar-refractivity contribution >= 4 is 40.3 Å². The molecule has 0 saturated heterocycles. The number of anilines is 2. The van der Waals surface area contributed by atoms with Gasteiger partial charge < -0.3 is 14.6 Å². The molecule has 5 rings (SSSR count). The van der Waals surface area contributed by atoms with Gasteiger partial charge in [0.15, 0.2) is 0 Å². The number of amides is 1. The molecule has 0 bridgehead atoms. The molecule has 7 heteroatoms. The number of nitrogens with zero attached hydrogens (tertiary/aromatic N) is 3. The molecule has 0 fully saturated rings. The lowest BCUT2D eigenvalue weighted by Crippen LogP contribution is -2.24. The second kappa shape index (κ2) is 11.8. The summed E-state index contributed by atoms with van der Waals surface area (Å²) in [6.45, 7) is 4.97. The van der Waals surface area contributed by atoms with Crippen LogP contribution in [0, 0.1) is 13.8 Å². The molecule has 0 spiro atoms. The highest BCUT2D eigenvalue weighted by molar-refractivity contribution is 6.47. The van der Waals surface area contributed by atoms with Crippen molar-refractivity contribution in [1.82, 2.24) is 9.38 Å². The topological polar surface area (TPSA) is 66.7 Å². The molecular formula is C33H31ClN4O2. The monoisotopic (exact) mass is 550 g/mol. The lowest BCUT2D eigenvalue weighted by atomic mass is 10.0. The maximum Gasteiger partial charge on any atom is 0.298 e. The van der Waals surface area contributed by atoms with Crippen LogP contribution in [0.3, 0.4) is 0 Å². The van der Waals surface area contributed by atoms with E-state index < -0.39 is 11.7 Å². The predicted octanol–water partition coefficient (Wildman–Crippen LogP) is 7.16. The Kier molecular flexibility index (Phi) is 7.99. The zero-order valence-electron chi connectivity index (χ0n) is 22.8. The number of aryl methyl sites for hydroxylation is 3. The van der Waals surface area contributed by atoms with Crippen molar-refractivity contribution in [3.63, 3.8) is 0 Å². The summed E-state index contributed by atoms with van der Waals surface area (Å²) in [6, 6.07) is 26.8. The molecule has 2 aromatic carbocycles. The summed E-state index contributed by atoms with van der Waals surface area (Å²) in [5.41, 5.74) is 6.53. The van der Waals surface area contributed by atoms with E-state index in [0.717, 1.165) is 47.5 Å². The smallest absolute Gasteiger partial charge is 0.298 e. The van der Waals surface area contributed by atoms with E-state index in [1.54, 1.807) is 16.7 Å². The van der Waals surface area contributed by atoms with Crippen LogP contribution in [0.5, 0.6) is 0 Å². The molecule has 40 heavy (non-hydrogen) atoms. The molecule has 1 N–H and O–H groups in total. The fraction of sp³-hybridized carbons (Fsp3) is 0.182. The van der Waals surface area contributed by atoms with Crippen molar-refractivity contribution in [1.29, 1.82) is 0 Å². The number of rotatable bonds is 9. The average molecular weight is 551 g/mol. The first-order valence-electron chi connectivity index (χ1n) is 13.3. The molecular weight excluding hydrogens is 520 g/mol. The summed E-state index contributed by atoms with van der Waals surface area (Å²) < 4.78 is 1.68. The molecule has 0 aliphatic heterocycles. The average Bonchev–Trinajstić information content (AvgIpc) is 3.32. The summed E-state index contributed by atoms with van der Waals surface area (Å²) in [4.78, 5) is 33.4. The van der Waals surface area contributed by atoms with Crippen molar-refractivity contribution in [2.75, 3.05) is 23.8 Å². The fourth-order valence-corrected chi connectivity index (χ4v) is 5.07. The van der Waals surface area contributed by atoms with Crippen molar-refractivity contribution in [2.45, 2.75) is 26.7 Å². The van der Waals surface area contributed by atoms with Gasteiger partial charge >= 0.3 is 0 Å². The van der Waals surface area contributed by atoms with E-state index in [0.29, 0.717) is 16.3 Å². The number of hydrogen-bond acceptors (Lipinski definition) is 4. The summed E-state index contributed by atoms with van der Waals surface area (Å²) in [6.07, 6.45) is 3.51. The van der Waals surface area contributed by atoms with Gasteiger partial charge in [-0.1, -0.05) is 54.1 Å². The second-order valence-corrected chi connectivity index (χ2v) is 10.5. The first-order valence-corrected chi connectivity index (χ1v) is 13.6. The predicted molar refractivity (Wildman–Crippen MR) is 163 cm³/mol. The molecule has 0 unspecified atom stereocenters. The van der Waals surface area contributed by atoms with Crippen LogP contribution < -0.4 is 10.2 Å². The Morgan fingerprint density at radius 1 is 0.950 bits per heavy atom. The van der Waals surface area contributed by atoms with Gasteiger partial charge in [-0.15, -0.1) is 0 Å². The number of ketones is 1. The van der Waals surface area contributed by atoms with Gasteiger partial charge in [0.2, 0.25) is 0 Å². The van der Waals surface area contributed by atoms with Gasteiger partial charge in [-0.05, 0) is 85.8 Å². The minimum Gasteiger partial charge on any atom is -0.360 e. The number of nitrogens with one attached hydrogen (secondary N) is 1. The van der Waals surface area contributed by atoms with Crippen LogP contribution in [0.1, 0.15) is 33.7 Å². The van der Waals surface area contributed by atoms with Gasteiger partial charge in [0.05, 0.1) is 5.02 Å². The number of halogens is 1. The molecule has 0 aliphatic carbocycles. The largest absolute Gasteiger partial charge is 0.360 e. The van der Waals surface area contributed by atoms with Gasteiger partial charge in [-0.25, -0.2) is 4.98 Å². The van der Waals surface area contributed by atoms with Crippen LogP contribution in [-0.4, -0.2) is 34.7 Å². The van der Waals surface area contributed by atoms with Crippen LogP contribution in [0.4, 0.5) is 11.5 Å². The Morgan fingerprint density at radius 3 is 2.42 bits per heavy atom. The van der Waals surface area contributed by atoms with Crippen molar-refractivity contribution in [2.24, 2.45) is 0 Å². The van der Waals surface area contributed by atoms with Crippen LogP contribution in [0.15, 0.2) is 91.1 Å². The number of pyridine rings is 2. The number of Topliss-reactive ketones (excluding diaryl/α,β-unsaturated/α-hetero) is 1. The fourth-order valence-electron chi connectivity index (χ4n) is 4.91. The number of aromatic nitrogens is 2. The molecule has 0 atom stereocenters. The lowest BCUT2D eigenvalue weighted by molar-refractivity contribution is -0.112.